The molecule has 3 aliphatic rings. The van der Waals surface area contributed by atoms with Gasteiger partial charge in [0.15, 0.2) is 0 Å². The number of nitrogens with one attached hydrogen (secondary N) is 2. The van der Waals surface area contributed by atoms with Crippen LogP contribution in [0.15, 0.2) is 18.2 Å². The van der Waals surface area contributed by atoms with Gasteiger partial charge in [0, 0.05) is 38.2 Å². The molecule has 1 aromatic carbocycles. The van der Waals surface area contributed by atoms with Crippen LogP contribution in [0, 0.1) is 11.8 Å². The average molecular weight is 490 g/mol. The fourth-order valence-corrected chi connectivity index (χ4v) is 5.47. The molecule has 3 saturated heterocycles. The standard InChI is InChI=1S/C25H36ClN5O3/c1-29(12-6-18-4-10-27-11-5-18)17-19-7-13-30(14-8-19)24(33)20-2-3-21(26)22(16-20)31-15-9-23(32)28-25(31)34/h2-3,16,18-19,27H,4-15,17H2,1H3,(H,28,32,34). The molecular weight excluding hydrogens is 454 g/mol. The Balaban J connectivity index is 1.27. The van der Waals surface area contributed by atoms with Crippen molar-refractivity contribution >= 4 is 35.1 Å². The molecule has 4 rings (SSSR count). The maximum Gasteiger partial charge on any atom is 0.328 e. The molecule has 0 saturated carbocycles. The van der Waals surface area contributed by atoms with Crippen LogP contribution < -0.4 is 15.5 Å². The van der Waals surface area contributed by atoms with E-state index < -0.39 is 6.03 Å². The minimum absolute atomic E-state index is 0.0378. The molecule has 0 unspecified atom stereocenters. The summed E-state index contributed by atoms with van der Waals surface area (Å²) in [6, 6.07) is 4.52. The second-order valence-corrected chi connectivity index (χ2v) is 10.3. The lowest BCUT2D eigenvalue weighted by atomic mass is 9.93. The van der Waals surface area contributed by atoms with Crippen molar-refractivity contribution in [1.29, 1.82) is 0 Å². The number of rotatable bonds is 7. The SMILES string of the molecule is CN(CCC1CCNCC1)CC1CCN(C(=O)c2ccc(Cl)c(N3CCC(=O)NC3=O)c2)CC1. The van der Waals surface area contributed by atoms with E-state index in [1.54, 1.807) is 18.2 Å². The number of carbonyl (C=O) groups is 3. The molecule has 0 radical (unpaired) electrons. The van der Waals surface area contributed by atoms with Crippen molar-refractivity contribution in [2.45, 2.75) is 38.5 Å². The zero-order chi connectivity index (χ0) is 24.1. The smallest absolute Gasteiger partial charge is 0.328 e. The number of likely N-dealkylation sites (tertiary alicyclic amines) is 1. The number of amides is 4. The normalized spacial score (nSPS) is 20.7. The first kappa shape index (κ1) is 24.9. The lowest BCUT2D eigenvalue weighted by Crippen LogP contribution is -2.49. The highest BCUT2D eigenvalue weighted by atomic mass is 35.5. The van der Waals surface area contributed by atoms with E-state index in [1.807, 2.05) is 4.90 Å². The fourth-order valence-electron chi connectivity index (χ4n) is 5.25. The van der Waals surface area contributed by atoms with Gasteiger partial charge < -0.3 is 15.1 Å². The average Bonchev–Trinajstić information content (AvgIpc) is 2.84. The van der Waals surface area contributed by atoms with Gasteiger partial charge in [0.25, 0.3) is 5.91 Å². The topological polar surface area (TPSA) is 85.0 Å². The number of nitrogens with zero attached hydrogens (tertiary/aromatic N) is 3. The van der Waals surface area contributed by atoms with Crippen LogP contribution in [0.4, 0.5) is 10.5 Å². The van der Waals surface area contributed by atoms with Gasteiger partial charge in [0.05, 0.1) is 10.7 Å². The second-order valence-electron chi connectivity index (χ2n) is 9.90. The maximum absolute atomic E-state index is 13.2. The van der Waals surface area contributed by atoms with E-state index in [0.717, 1.165) is 58.0 Å². The van der Waals surface area contributed by atoms with Crippen molar-refractivity contribution in [2.75, 3.05) is 57.8 Å². The molecule has 1 aromatic rings. The summed E-state index contributed by atoms with van der Waals surface area (Å²) in [6.45, 7) is 6.26. The van der Waals surface area contributed by atoms with Gasteiger partial charge in [0.1, 0.15) is 0 Å². The molecule has 9 heteroatoms. The van der Waals surface area contributed by atoms with Gasteiger partial charge in [-0.2, -0.15) is 0 Å². The van der Waals surface area contributed by atoms with Gasteiger partial charge in [-0.1, -0.05) is 11.6 Å². The van der Waals surface area contributed by atoms with E-state index >= 15 is 0 Å². The second kappa shape index (κ2) is 11.5. The Labute approximate surface area is 207 Å². The minimum Gasteiger partial charge on any atom is -0.339 e. The lowest BCUT2D eigenvalue weighted by molar-refractivity contribution is -0.120. The highest BCUT2D eigenvalue weighted by molar-refractivity contribution is 6.34. The molecule has 2 N–H and O–H groups in total. The van der Waals surface area contributed by atoms with Crippen LogP contribution in [0.3, 0.4) is 0 Å². The summed E-state index contributed by atoms with van der Waals surface area (Å²) in [6.07, 6.45) is 6.07. The Hall–Kier alpha value is -2.16. The third-order valence-electron chi connectivity index (χ3n) is 7.39. The van der Waals surface area contributed by atoms with E-state index in [9.17, 15) is 14.4 Å². The van der Waals surface area contributed by atoms with Crippen LogP contribution in [-0.4, -0.2) is 80.5 Å². The Kier molecular flexibility index (Phi) is 8.45. The monoisotopic (exact) mass is 489 g/mol. The van der Waals surface area contributed by atoms with Crippen molar-refractivity contribution in [1.82, 2.24) is 20.4 Å². The molecule has 3 heterocycles. The number of benzene rings is 1. The summed E-state index contributed by atoms with van der Waals surface area (Å²) in [7, 11) is 2.22. The van der Waals surface area contributed by atoms with Crippen LogP contribution in [0.2, 0.25) is 5.02 Å². The molecule has 8 nitrogen and oxygen atoms in total. The van der Waals surface area contributed by atoms with Gasteiger partial charge >= 0.3 is 6.03 Å². The molecule has 3 aliphatic heterocycles. The van der Waals surface area contributed by atoms with E-state index in [-0.39, 0.29) is 24.8 Å². The van der Waals surface area contributed by atoms with Crippen LogP contribution in [0.25, 0.3) is 0 Å². The van der Waals surface area contributed by atoms with Crippen molar-refractivity contribution in [3.05, 3.63) is 28.8 Å². The largest absolute Gasteiger partial charge is 0.339 e. The number of imide groups is 1. The number of hydrogen-bond acceptors (Lipinski definition) is 5. The van der Waals surface area contributed by atoms with Gasteiger partial charge in [0.2, 0.25) is 5.91 Å². The summed E-state index contributed by atoms with van der Waals surface area (Å²) in [5, 5.41) is 6.12. The Morgan fingerprint density at radius 3 is 2.53 bits per heavy atom. The zero-order valence-electron chi connectivity index (χ0n) is 20.0. The Bertz CT molecular complexity index is 897. The third-order valence-corrected chi connectivity index (χ3v) is 7.71. The van der Waals surface area contributed by atoms with Gasteiger partial charge in [-0.3, -0.25) is 19.8 Å². The first-order chi connectivity index (χ1) is 16.4. The molecule has 0 aromatic heterocycles. The van der Waals surface area contributed by atoms with Gasteiger partial charge in [-0.15, -0.1) is 0 Å². The number of hydrogen-bond donors (Lipinski definition) is 2. The van der Waals surface area contributed by atoms with Gasteiger partial charge in [-0.25, -0.2) is 4.79 Å². The van der Waals surface area contributed by atoms with Crippen molar-refractivity contribution < 1.29 is 14.4 Å². The quantitative estimate of drug-likeness (QED) is 0.615. The maximum atomic E-state index is 13.2. The highest BCUT2D eigenvalue weighted by Crippen LogP contribution is 2.30. The van der Waals surface area contributed by atoms with Crippen LogP contribution in [-0.2, 0) is 4.79 Å². The summed E-state index contributed by atoms with van der Waals surface area (Å²) in [5.41, 5.74) is 0.976. The molecule has 0 bridgehead atoms. The molecule has 186 valence electrons. The third kappa shape index (κ3) is 6.29. The van der Waals surface area contributed by atoms with E-state index in [1.165, 1.54) is 24.2 Å². The van der Waals surface area contributed by atoms with E-state index in [0.29, 0.717) is 22.2 Å². The molecule has 34 heavy (non-hydrogen) atoms. The van der Waals surface area contributed by atoms with Crippen LogP contribution in [0.1, 0.15) is 48.9 Å². The predicted molar refractivity (Wildman–Crippen MR) is 133 cm³/mol. The lowest BCUT2D eigenvalue weighted by Gasteiger charge is -2.34. The molecule has 0 atom stereocenters. The van der Waals surface area contributed by atoms with Gasteiger partial charge in [-0.05, 0) is 88.8 Å². The molecule has 0 spiro atoms. The summed E-state index contributed by atoms with van der Waals surface area (Å²) < 4.78 is 0. The van der Waals surface area contributed by atoms with Crippen LogP contribution >= 0.6 is 11.6 Å². The van der Waals surface area contributed by atoms with Crippen LogP contribution in [0.5, 0.6) is 0 Å². The minimum atomic E-state index is -0.507. The van der Waals surface area contributed by atoms with Crippen molar-refractivity contribution in [3.8, 4) is 0 Å². The summed E-state index contributed by atoms with van der Waals surface area (Å²) >= 11 is 6.33. The molecule has 0 aliphatic carbocycles. The van der Waals surface area contributed by atoms with E-state index in [4.69, 9.17) is 11.6 Å². The van der Waals surface area contributed by atoms with Crippen molar-refractivity contribution in [2.24, 2.45) is 11.8 Å². The number of carbonyl (C=O) groups excluding carboxylic acids is 3. The number of urea groups is 1. The fraction of sp³-hybridized carbons (Fsp3) is 0.640. The summed E-state index contributed by atoms with van der Waals surface area (Å²) in [5.74, 6) is 1.12. The zero-order valence-corrected chi connectivity index (χ0v) is 20.8. The Morgan fingerprint density at radius 2 is 1.82 bits per heavy atom. The molecular formula is C25H36ClN5O3. The van der Waals surface area contributed by atoms with E-state index in [2.05, 4.69) is 22.6 Å². The first-order valence-corrected chi connectivity index (χ1v) is 12.9. The summed E-state index contributed by atoms with van der Waals surface area (Å²) in [4.78, 5) is 42.7. The Morgan fingerprint density at radius 1 is 1.09 bits per heavy atom. The predicted octanol–water partition coefficient (Wildman–Crippen LogP) is 2.96. The highest BCUT2D eigenvalue weighted by Gasteiger charge is 2.28. The number of piperidine rings is 2. The number of anilines is 1. The van der Waals surface area contributed by atoms with Crippen molar-refractivity contribution in [3.63, 3.8) is 0 Å². The first-order valence-electron chi connectivity index (χ1n) is 12.5. The molecule has 3 fully saturated rings. The number of halogens is 1. The molecule has 4 amide bonds.